The Bertz CT molecular complexity index is 523. The maximum atomic E-state index is 11.7. The maximum absolute atomic E-state index is 11.7. The summed E-state index contributed by atoms with van der Waals surface area (Å²) in [5, 5.41) is 9.22. The van der Waals surface area contributed by atoms with E-state index in [0.717, 1.165) is 25.8 Å². The molecule has 0 atom stereocenters. The number of benzene rings is 1. The summed E-state index contributed by atoms with van der Waals surface area (Å²) < 4.78 is 0. The Labute approximate surface area is 132 Å². The van der Waals surface area contributed by atoms with E-state index in [1.807, 2.05) is 13.0 Å². The first-order valence-corrected chi connectivity index (χ1v) is 8.11. The molecule has 3 N–H and O–H groups in total. The SMILES string of the molecule is CCNC(=NCc1ccccc1CC)NCC(=O)NC1CC1. The van der Waals surface area contributed by atoms with Crippen LogP contribution in [0.1, 0.15) is 37.8 Å². The van der Waals surface area contributed by atoms with Gasteiger partial charge in [0.05, 0.1) is 13.1 Å². The third kappa shape index (κ3) is 5.39. The van der Waals surface area contributed by atoms with Gasteiger partial charge in [-0.15, -0.1) is 0 Å². The molecule has 1 aliphatic carbocycles. The molecule has 1 aliphatic rings. The molecule has 0 aliphatic heterocycles. The fourth-order valence-electron chi connectivity index (χ4n) is 2.23. The van der Waals surface area contributed by atoms with Crippen LogP contribution >= 0.6 is 0 Å². The summed E-state index contributed by atoms with van der Waals surface area (Å²) in [6, 6.07) is 8.72. The minimum absolute atomic E-state index is 0.0297. The molecule has 1 fully saturated rings. The van der Waals surface area contributed by atoms with Crippen molar-refractivity contribution in [2.24, 2.45) is 4.99 Å². The summed E-state index contributed by atoms with van der Waals surface area (Å²) >= 11 is 0. The van der Waals surface area contributed by atoms with Gasteiger partial charge >= 0.3 is 0 Å². The molecule has 1 aromatic rings. The number of amides is 1. The number of hydrogen-bond donors (Lipinski definition) is 3. The Kier molecular flexibility index (Phi) is 6.25. The predicted octanol–water partition coefficient (Wildman–Crippen LogP) is 1.58. The number of aryl methyl sites for hydroxylation is 1. The van der Waals surface area contributed by atoms with E-state index in [0.29, 0.717) is 18.5 Å². The number of nitrogens with zero attached hydrogens (tertiary/aromatic N) is 1. The van der Waals surface area contributed by atoms with Crippen molar-refractivity contribution in [2.75, 3.05) is 13.1 Å². The number of carbonyl (C=O) groups excluding carboxylic acids is 1. The lowest BCUT2D eigenvalue weighted by Crippen LogP contribution is -2.43. The van der Waals surface area contributed by atoms with Crippen LogP contribution in [0.5, 0.6) is 0 Å². The van der Waals surface area contributed by atoms with Gasteiger partial charge in [0.1, 0.15) is 0 Å². The van der Waals surface area contributed by atoms with Crippen molar-refractivity contribution in [3.8, 4) is 0 Å². The monoisotopic (exact) mass is 302 g/mol. The highest BCUT2D eigenvalue weighted by molar-refractivity contribution is 5.86. The Balaban J connectivity index is 1.89. The highest BCUT2D eigenvalue weighted by Crippen LogP contribution is 2.18. The lowest BCUT2D eigenvalue weighted by molar-refractivity contribution is -0.120. The van der Waals surface area contributed by atoms with Crippen LogP contribution in [0.2, 0.25) is 0 Å². The van der Waals surface area contributed by atoms with E-state index in [1.165, 1.54) is 11.1 Å². The van der Waals surface area contributed by atoms with Crippen molar-refractivity contribution in [3.63, 3.8) is 0 Å². The van der Waals surface area contributed by atoms with Crippen molar-refractivity contribution in [3.05, 3.63) is 35.4 Å². The number of nitrogens with one attached hydrogen (secondary N) is 3. The van der Waals surface area contributed by atoms with Crippen molar-refractivity contribution in [2.45, 2.75) is 45.7 Å². The first-order chi connectivity index (χ1) is 10.7. The van der Waals surface area contributed by atoms with Crippen molar-refractivity contribution < 1.29 is 4.79 Å². The average molecular weight is 302 g/mol. The van der Waals surface area contributed by atoms with Gasteiger partial charge in [0.2, 0.25) is 5.91 Å². The summed E-state index contributed by atoms with van der Waals surface area (Å²) in [5.41, 5.74) is 2.54. The summed E-state index contributed by atoms with van der Waals surface area (Å²) in [4.78, 5) is 16.3. The van der Waals surface area contributed by atoms with E-state index in [2.05, 4.69) is 46.1 Å². The van der Waals surface area contributed by atoms with E-state index >= 15 is 0 Å². The molecule has 1 saturated carbocycles. The topological polar surface area (TPSA) is 65.5 Å². The lowest BCUT2D eigenvalue weighted by atomic mass is 10.1. The van der Waals surface area contributed by atoms with E-state index in [1.54, 1.807) is 0 Å². The second-order valence-corrected chi connectivity index (χ2v) is 5.51. The van der Waals surface area contributed by atoms with Crippen molar-refractivity contribution in [1.29, 1.82) is 0 Å². The van der Waals surface area contributed by atoms with Crippen molar-refractivity contribution in [1.82, 2.24) is 16.0 Å². The standard InChI is InChI=1S/C17H26N4O/c1-3-13-7-5-6-8-14(13)11-19-17(18-4-2)20-12-16(22)21-15-9-10-15/h5-8,15H,3-4,9-12H2,1-2H3,(H,21,22)(H2,18,19,20). The largest absolute Gasteiger partial charge is 0.357 e. The molecule has 2 rings (SSSR count). The van der Waals surface area contributed by atoms with Gasteiger partial charge in [-0.2, -0.15) is 0 Å². The molecule has 5 heteroatoms. The molecule has 22 heavy (non-hydrogen) atoms. The van der Waals surface area contributed by atoms with Crippen LogP contribution in [0.15, 0.2) is 29.3 Å². The zero-order valence-electron chi connectivity index (χ0n) is 13.5. The van der Waals surface area contributed by atoms with Gasteiger partial charge in [0.25, 0.3) is 0 Å². The minimum atomic E-state index is 0.0297. The van der Waals surface area contributed by atoms with Gasteiger partial charge in [-0.05, 0) is 37.3 Å². The van der Waals surface area contributed by atoms with Gasteiger partial charge in [-0.3, -0.25) is 4.79 Å². The Morgan fingerprint density at radius 2 is 1.91 bits per heavy atom. The summed E-state index contributed by atoms with van der Waals surface area (Å²) in [5.74, 6) is 0.710. The molecule has 0 bridgehead atoms. The predicted molar refractivity (Wildman–Crippen MR) is 89.8 cm³/mol. The fraction of sp³-hybridized carbons (Fsp3) is 0.529. The summed E-state index contributed by atoms with van der Waals surface area (Å²) in [7, 11) is 0. The molecular weight excluding hydrogens is 276 g/mol. The van der Waals surface area contributed by atoms with Crippen LogP contribution < -0.4 is 16.0 Å². The highest BCUT2D eigenvalue weighted by Gasteiger charge is 2.22. The Morgan fingerprint density at radius 1 is 1.18 bits per heavy atom. The zero-order chi connectivity index (χ0) is 15.8. The molecule has 0 aromatic heterocycles. The summed E-state index contributed by atoms with van der Waals surface area (Å²) in [6.07, 6.45) is 3.21. The molecule has 120 valence electrons. The first kappa shape index (κ1) is 16.3. The number of rotatable bonds is 7. The fourth-order valence-corrected chi connectivity index (χ4v) is 2.23. The van der Waals surface area contributed by atoms with E-state index in [4.69, 9.17) is 0 Å². The van der Waals surface area contributed by atoms with Gasteiger partial charge < -0.3 is 16.0 Å². The number of guanidine groups is 1. The van der Waals surface area contributed by atoms with Crippen LogP contribution in [-0.4, -0.2) is 31.0 Å². The summed E-state index contributed by atoms with van der Waals surface area (Å²) in [6.45, 7) is 5.81. The quantitative estimate of drug-likeness (QED) is 0.529. The smallest absolute Gasteiger partial charge is 0.239 e. The number of aliphatic imine (C=N–C) groups is 1. The normalized spacial score (nSPS) is 14.5. The molecule has 0 radical (unpaired) electrons. The highest BCUT2D eigenvalue weighted by atomic mass is 16.2. The van der Waals surface area contributed by atoms with Crippen LogP contribution in [0.25, 0.3) is 0 Å². The zero-order valence-corrected chi connectivity index (χ0v) is 13.5. The van der Waals surface area contributed by atoms with Gasteiger partial charge in [0, 0.05) is 12.6 Å². The van der Waals surface area contributed by atoms with Crippen LogP contribution in [0.3, 0.4) is 0 Å². The number of carbonyl (C=O) groups is 1. The molecule has 0 saturated heterocycles. The lowest BCUT2D eigenvalue weighted by Gasteiger charge is -2.12. The molecule has 5 nitrogen and oxygen atoms in total. The van der Waals surface area contributed by atoms with E-state index in [-0.39, 0.29) is 12.5 Å². The maximum Gasteiger partial charge on any atom is 0.239 e. The third-order valence-electron chi connectivity index (χ3n) is 3.61. The molecule has 1 aromatic carbocycles. The van der Waals surface area contributed by atoms with Crippen LogP contribution in [0, 0.1) is 0 Å². The van der Waals surface area contributed by atoms with E-state index in [9.17, 15) is 4.79 Å². The second-order valence-electron chi connectivity index (χ2n) is 5.51. The van der Waals surface area contributed by atoms with Gasteiger partial charge in [-0.1, -0.05) is 31.2 Å². The van der Waals surface area contributed by atoms with Gasteiger partial charge in [-0.25, -0.2) is 4.99 Å². The molecule has 0 spiro atoms. The molecule has 0 heterocycles. The second kappa shape index (κ2) is 8.41. The van der Waals surface area contributed by atoms with Crippen molar-refractivity contribution >= 4 is 11.9 Å². The number of hydrogen-bond acceptors (Lipinski definition) is 2. The average Bonchev–Trinajstić information content (AvgIpc) is 3.34. The molecule has 1 amide bonds. The first-order valence-electron chi connectivity index (χ1n) is 8.11. The van der Waals surface area contributed by atoms with Gasteiger partial charge in [0.15, 0.2) is 5.96 Å². The molecular formula is C17H26N4O. The molecule has 0 unspecified atom stereocenters. The van der Waals surface area contributed by atoms with Crippen LogP contribution in [0.4, 0.5) is 0 Å². The minimum Gasteiger partial charge on any atom is -0.357 e. The van der Waals surface area contributed by atoms with Crippen LogP contribution in [-0.2, 0) is 17.8 Å². The Morgan fingerprint density at radius 3 is 2.55 bits per heavy atom. The Hall–Kier alpha value is -2.04. The van der Waals surface area contributed by atoms with E-state index < -0.39 is 0 Å². The third-order valence-corrected chi connectivity index (χ3v) is 3.61.